The van der Waals surface area contributed by atoms with E-state index in [1.54, 1.807) is 36.4 Å². The van der Waals surface area contributed by atoms with E-state index in [2.05, 4.69) is 10.6 Å². The Bertz CT molecular complexity index is 1260. The summed E-state index contributed by atoms with van der Waals surface area (Å²) in [5.41, 5.74) is -0.992. The van der Waals surface area contributed by atoms with E-state index in [1.807, 2.05) is 39.0 Å². The zero-order chi connectivity index (χ0) is 27.9. The van der Waals surface area contributed by atoms with Gasteiger partial charge in [-0.3, -0.25) is 14.4 Å². The molecule has 0 aromatic heterocycles. The molecule has 8 nitrogen and oxygen atoms in total. The zero-order valence-electron chi connectivity index (χ0n) is 22.5. The van der Waals surface area contributed by atoms with Gasteiger partial charge >= 0.3 is 0 Å². The predicted molar refractivity (Wildman–Crippen MR) is 149 cm³/mol. The highest BCUT2D eigenvalue weighted by Crippen LogP contribution is 2.64. The molecule has 0 radical (unpaired) electrons. The Morgan fingerprint density at radius 3 is 2.41 bits per heavy atom. The van der Waals surface area contributed by atoms with E-state index >= 15 is 0 Å². The third-order valence-electron chi connectivity index (χ3n) is 8.67. The number of nitrogens with zero attached hydrogens (tertiary/aromatic N) is 1. The minimum atomic E-state index is -1.19. The van der Waals surface area contributed by atoms with E-state index in [-0.39, 0.29) is 24.3 Å². The first-order chi connectivity index (χ1) is 18.7. The number of aliphatic hydroxyl groups is 1. The van der Waals surface area contributed by atoms with Gasteiger partial charge in [-0.15, -0.1) is 0 Å². The molecule has 2 bridgehead atoms. The number of carbonyl (C=O) groups is 3. The van der Waals surface area contributed by atoms with Gasteiger partial charge in [0.05, 0.1) is 40.8 Å². The number of nitrogens with one attached hydrogen (secondary N) is 2. The van der Waals surface area contributed by atoms with Crippen molar-refractivity contribution < 1.29 is 24.2 Å². The minimum Gasteiger partial charge on any atom is -0.394 e. The molecule has 3 aliphatic heterocycles. The van der Waals surface area contributed by atoms with Gasteiger partial charge in [0.25, 0.3) is 0 Å². The summed E-state index contributed by atoms with van der Waals surface area (Å²) < 4.78 is 6.80. The van der Waals surface area contributed by atoms with Gasteiger partial charge in [0, 0.05) is 5.69 Å². The number of hydrogen-bond acceptors (Lipinski definition) is 5. The van der Waals surface area contributed by atoms with Gasteiger partial charge in [0.1, 0.15) is 11.6 Å². The second-order valence-corrected chi connectivity index (χ2v) is 11.8. The van der Waals surface area contributed by atoms with Crippen LogP contribution in [0.25, 0.3) is 0 Å². The number of likely N-dealkylation sites (tertiary alicyclic amines) is 1. The van der Waals surface area contributed by atoms with Crippen molar-refractivity contribution in [2.75, 3.05) is 17.2 Å². The normalized spacial score (nSPS) is 29.9. The second-order valence-electron chi connectivity index (χ2n) is 11.4. The number of fused-ring (bicyclic) bond motifs is 1. The monoisotopic (exact) mass is 553 g/mol. The lowest BCUT2D eigenvalue weighted by molar-refractivity contribution is -0.148. The van der Waals surface area contributed by atoms with Crippen molar-refractivity contribution in [3.63, 3.8) is 0 Å². The lowest BCUT2D eigenvalue weighted by atomic mass is 9.65. The molecule has 5 rings (SSSR count). The molecule has 1 spiro atoms. The van der Waals surface area contributed by atoms with Gasteiger partial charge in [-0.25, -0.2) is 0 Å². The molecule has 3 N–H and O–H groups in total. The van der Waals surface area contributed by atoms with Gasteiger partial charge in [0.15, 0.2) is 0 Å². The van der Waals surface area contributed by atoms with Gasteiger partial charge in [-0.2, -0.15) is 0 Å². The van der Waals surface area contributed by atoms with Crippen molar-refractivity contribution in [1.82, 2.24) is 4.90 Å². The highest BCUT2D eigenvalue weighted by Gasteiger charge is 2.79. The molecule has 39 heavy (non-hydrogen) atoms. The summed E-state index contributed by atoms with van der Waals surface area (Å²) in [7, 11) is 0. The number of carbonyl (C=O) groups excluding carboxylic acids is 3. The summed E-state index contributed by atoms with van der Waals surface area (Å²) in [5, 5.41) is 16.7. The third kappa shape index (κ3) is 4.52. The summed E-state index contributed by atoms with van der Waals surface area (Å²) in [6.45, 7) is 5.67. The molecule has 9 heteroatoms. The average molecular weight is 554 g/mol. The number of amides is 3. The van der Waals surface area contributed by atoms with E-state index in [0.29, 0.717) is 42.1 Å². The Hall–Kier alpha value is -2.94. The zero-order valence-corrected chi connectivity index (χ0v) is 23.3. The van der Waals surface area contributed by atoms with Crippen LogP contribution >= 0.6 is 11.6 Å². The Labute approximate surface area is 234 Å². The van der Waals surface area contributed by atoms with Crippen LogP contribution in [0.15, 0.2) is 54.6 Å². The van der Waals surface area contributed by atoms with Crippen LogP contribution in [0.4, 0.5) is 11.4 Å². The molecule has 2 aromatic carbocycles. The Balaban J connectivity index is 1.57. The van der Waals surface area contributed by atoms with Gasteiger partial charge in [-0.05, 0) is 55.9 Å². The largest absolute Gasteiger partial charge is 0.394 e. The molecule has 0 aliphatic carbocycles. The van der Waals surface area contributed by atoms with Crippen LogP contribution in [0.2, 0.25) is 5.02 Å². The molecule has 3 heterocycles. The molecule has 3 aliphatic rings. The van der Waals surface area contributed by atoms with E-state index in [0.717, 1.165) is 0 Å². The highest BCUT2D eigenvalue weighted by molar-refractivity contribution is 6.33. The van der Waals surface area contributed by atoms with Crippen LogP contribution in [0, 0.1) is 17.8 Å². The summed E-state index contributed by atoms with van der Waals surface area (Å²) >= 11 is 6.35. The number of hydrogen-bond donors (Lipinski definition) is 3. The molecule has 3 fully saturated rings. The van der Waals surface area contributed by atoms with Crippen LogP contribution in [-0.4, -0.2) is 57.6 Å². The van der Waals surface area contributed by atoms with Crippen molar-refractivity contribution in [2.24, 2.45) is 17.8 Å². The molecule has 2 unspecified atom stereocenters. The quantitative estimate of drug-likeness (QED) is 0.424. The predicted octanol–water partition coefficient (Wildman–Crippen LogP) is 4.48. The summed E-state index contributed by atoms with van der Waals surface area (Å²) in [6, 6.07) is 14.4. The van der Waals surface area contributed by atoms with Crippen molar-refractivity contribution in [3.8, 4) is 0 Å². The summed E-state index contributed by atoms with van der Waals surface area (Å²) in [6.07, 6.45) is 2.04. The smallest absolute Gasteiger partial charge is 0.250 e. The summed E-state index contributed by atoms with van der Waals surface area (Å²) in [5.74, 6) is -2.51. The number of benzene rings is 2. The maximum Gasteiger partial charge on any atom is 0.250 e. The number of aliphatic hydroxyl groups excluding tert-OH is 1. The minimum absolute atomic E-state index is 0.163. The SMILES string of the molecule is CC[C@]12CCC3(O1)C(C(=O)Nc1ccccc1Cl)N([C@@H](CO)CC(C)C)C(=O)[C@@H]3[C@H]2C(=O)Nc1ccccc1. The van der Waals surface area contributed by atoms with Crippen LogP contribution in [0.3, 0.4) is 0 Å². The number of ether oxygens (including phenoxy) is 1. The van der Waals surface area contributed by atoms with Crippen LogP contribution < -0.4 is 10.6 Å². The van der Waals surface area contributed by atoms with Crippen molar-refractivity contribution in [1.29, 1.82) is 0 Å². The topological polar surface area (TPSA) is 108 Å². The van der Waals surface area contributed by atoms with Gasteiger partial charge in [-0.1, -0.05) is 62.7 Å². The Morgan fingerprint density at radius 1 is 1.08 bits per heavy atom. The van der Waals surface area contributed by atoms with Crippen LogP contribution in [0.5, 0.6) is 0 Å². The Morgan fingerprint density at radius 2 is 1.77 bits per heavy atom. The lowest BCUT2D eigenvalue weighted by Gasteiger charge is -2.38. The van der Waals surface area contributed by atoms with Gasteiger partial charge in [0.2, 0.25) is 17.7 Å². The molecule has 3 saturated heterocycles. The van der Waals surface area contributed by atoms with Crippen LogP contribution in [-0.2, 0) is 19.1 Å². The highest BCUT2D eigenvalue weighted by atomic mass is 35.5. The number of para-hydroxylation sites is 2. The van der Waals surface area contributed by atoms with Gasteiger partial charge < -0.3 is 25.4 Å². The maximum absolute atomic E-state index is 14.4. The number of rotatable bonds is 9. The molecular formula is C30H36ClN3O5. The second kappa shape index (κ2) is 10.6. The molecule has 2 aromatic rings. The van der Waals surface area contributed by atoms with E-state index in [4.69, 9.17) is 16.3 Å². The number of anilines is 2. The van der Waals surface area contributed by atoms with E-state index in [1.165, 1.54) is 4.90 Å². The van der Waals surface area contributed by atoms with Crippen LogP contribution in [0.1, 0.15) is 46.5 Å². The van der Waals surface area contributed by atoms with E-state index < -0.39 is 41.0 Å². The molecule has 6 atom stereocenters. The third-order valence-corrected chi connectivity index (χ3v) is 9.00. The Kier molecular flexibility index (Phi) is 7.48. The fourth-order valence-corrected chi connectivity index (χ4v) is 7.26. The van der Waals surface area contributed by atoms with E-state index in [9.17, 15) is 19.5 Å². The molecule has 0 saturated carbocycles. The maximum atomic E-state index is 14.4. The lowest BCUT2D eigenvalue weighted by Crippen LogP contribution is -2.56. The molecular weight excluding hydrogens is 518 g/mol. The number of halogens is 1. The van der Waals surface area contributed by atoms with Crippen molar-refractivity contribution in [3.05, 3.63) is 59.6 Å². The average Bonchev–Trinajstić information content (AvgIpc) is 3.52. The molecule has 208 valence electrons. The molecule has 3 amide bonds. The summed E-state index contributed by atoms with van der Waals surface area (Å²) in [4.78, 5) is 43.8. The first-order valence-corrected chi connectivity index (χ1v) is 14.1. The van der Waals surface area contributed by atoms with Crippen molar-refractivity contribution in [2.45, 2.75) is 69.7 Å². The fraction of sp³-hybridized carbons (Fsp3) is 0.500. The first-order valence-electron chi connectivity index (χ1n) is 13.7. The fourth-order valence-electron chi connectivity index (χ4n) is 7.07. The van der Waals surface area contributed by atoms with Crippen molar-refractivity contribution >= 4 is 40.7 Å². The standard InChI is InChI=1S/C30H36ClN3O5/c1-4-29-14-15-30(39-29)24(23(29)26(36)32-19-10-6-5-7-11-19)28(38)34(20(17-35)16-18(2)3)25(30)27(37)33-22-13-9-8-12-21(22)31/h5-13,18,20,23-25,35H,4,14-17H2,1-3H3,(H,32,36)(H,33,37)/t20-,23+,24+,25?,29-,30?/m1/s1. The first kappa shape index (κ1) is 27.6.